The standard InChI is InChI=1S/C20H25NO11S/c1-9(22)14-7-20(33,19(27)28-6)32-18(16(14)21-10(2)23)17(31-13(5)26)15(30-12(4)25)8-29-11(3)24/h7,15,17,33H,8H2,1-6H3,(H,21,23)/t15-,17+,20-/m1/s1. The molecule has 0 aliphatic carbocycles. The molecule has 0 bridgehead atoms. The number of allylic oxidation sites excluding steroid dienone is 1. The second-order valence-electron chi connectivity index (χ2n) is 6.81. The van der Waals surface area contributed by atoms with E-state index in [1.54, 1.807) is 0 Å². The summed E-state index contributed by atoms with van der Waals surface area (Å²) in [6.07, 6.45) is -2.15. The molecule has 13 heteroatoms. The van der Waals surface area contributed by atoms with Crippen molar-refractivity contribution in [3.05, 3.63) is 23.1 Å². The van der Waals surface area contributed by atoms with Crippen LogP contribution in [-0.4, -0.2) is 66.4 Å². The van der Waals surface area contributed by atoms with E-state index in [1.165, 1.54) is 0 Å². The largest absolute Gasteiger partial charge is 0.465 e. The Morgan fingerprint density at radius 1 is 1.00 bits per heavy atom. The minimum atomic E-state index is -2.19. The van der Waals surface area contributed by atoms with Crippen molar-refractivity contribution in [3.63, 3.8) is 0 Å². The quantitative estimate of drug-likeness (QED) is 0.258. The van der Waals surface area contributed by atoms with Gasteiger partial charge in [-0.05, 0) is 13.0 Å². The lowest BCUT2D eigenvalue weighted by Crippen LogP contribution is -2.48. The first kappa shape index (κ1) is 27.7. The number of nitrogens with one attached hydrogen (secondary N) is 1. The van der Waals surface area contributed by atoms with Gasteiger partial charge in [0.25, 0.3) is 4.93 Å². The molecule has 1 amide bonds. The van der Waals surface area contributed by atoms with E-state index in [4.69, 9.17) is 18.9 Å². The fourth-order valence-electron chi connectivity index (χ4n) is 2.75. The summed E-state index contributed by atoms with van der Waals surface area (Å²) in [5.41, 5.74) is -0.493. The van der Waals surface area contributed by atoms with Gasteiger partial charge in [-0.15, -0.1) is 12.6 Å². The van der Waals surface area contributed by atoms with Crippen LogP contribution in [0.25, 0.3) is 0 Å². The van der Waals surface area contributed by atoms with Gasteiger partial charge in [-0.2, -0.15) is 0 Å². The molecule has 0 saturated heterocycles. The highest BCUT2D eigenvalue weighted by Gasteiger charge is 2.47. The van der Waals surface area contributed by atoms with Crippen molar-refractivity contribution in [1.29, 1.82) is 0 Å². The molecular weight excluding hydrogens is 462 g/mol. The SMILES string of the molecule is COC(=O)[C@]1(S)C=C(C(C)=O)C(NC(C)=O)=C([C@@H](OC(C)=O)[C@@H](COC(C)=O)OC(C)=O)O1. The van der Waals surface area contributed by atoms with E-state index in [9.17, 15) is 28.8 Å². The second-order valence-corrected chi connectivity index (χ2v) is 7.47. The van der Waals surface area contributed by atoms with Gasteiger partial charge in [-0.3, -0.25) is 24.0 Å². The van der Waals surface area contributed by atoms with Crippen LogP contribution < -0.4 is 5.32 Å². The number of amides is 1. The zero-order valence-corrected chi connectivity index (χ0v) is 19.8. The van der Waals surface area contributed by atoms with E-state index < -0.39 is 65.1 Å². The highest BCUT2D eigenvalue weighted by Crippen LogP contribution is 2.37. The summed E-state index contributed by atoms with van der Waals surface area (Å²) in [5, 5.41) is 2.39. The van der Waals surface area contributed by atoms with Crippen LogP contribution >= 0.6 is 12.6 Å². The van der Waals surface area contributed by atoms with Gasteiger partial charge in [-0.25, -0.2) is 4.79 Å². The molecule has 0 saturated carbocycles. The fourth-order valence-corrected chi connectivity index (χ4v) is 3.07. The average molecular weight is 487 g/mol. The van der Waals surface area contributed by atoms with Crippen LogP contribution in [-0.2, 0) is 52.5 Å². The Morgan fingerprint density at radius 3 is 2.00 bits per heavy atom. The highest BCUT2D eigenvalue weighted by atomic mass is 32.1. The van der Waals surface area contributed by atoms with Gasteiger partial charge in [0.1, 0.15) is 6.61 Å². The molecule has 1 rings (SSSR count). The maximum atomic E-state index is 12.4. The molecule has 12 nitrogen and oxygen atoms in total. The van der Waals surface area contributed by atoms with E-state index in [0.717, 1.165) is 47.8 Å². The summed E-state index contributed by atoms with van der Waals surface area (Å²) >= 11 is 4.17. The maximum Gasteiger partial charge on any atom is 0.365 e. The lowest BCUT2D eigenvalue weighted by Gasteiger charge is -2.36. The molecule has 0 aromatic rings. The Balaban J connectivity index is 3.84. The number of hydrogen-bond donors (Lipinski definition) is 2. The summed E-state index contributed by atoms with van der Waals surface area (Å²) in [7, 11) is 1.05. The lowest BCUT2D eigenvalue weighted by molar-refractivity contribution is -0.175. The summed E-state index contributed by atoms with van der Waals surface area (Å²) in [4.78, 5) is 69.4. The first-order valence-corrected chi connectivity index (χ1v) is 9.90. The van der Waals surface area contributed by atoms with Gasteiger partial charge in [0.05, 0.1) is 12.8 Å². The molecular formula is C20H25NO11S. The van der Waals surface area contributed by atoms with E-state index in [-0.39, 0.29) is 11.3 Å². The zero-order valence-electron chi connectivity index (χ0n) is 18.9. The number of Topliss-reactive ketones (excluding diaryl/α,β-unsaturated/α-hetero) is 1. The third-order valence-corrected chi connectivity index (χ3v) is 4.34. The molecule has 1 aliphatic rings. The van der Waals surface area contributed by atoms with Gasteiger partial charge in [0.15, 0.2) is 17.6 Å². The van der Waals surface area contributed by atoms with Crippen LogP contribution in [0.2, 0.25) is 0 Å². The number of methoxy groups -OCH3 is 1. The van der Waals surface area contributed by atoms with Crippen LogP contribution in [0.1, 0.15) is 34.6 Å². The van der Waals surface area contributed by atoms with Gasteiger partial charge in [0.2, 0.25) is 12.0 Å². The van der Waals surface area contributed by atoms with E-state index in [2.05, 4.69) is 22.7 Å². The van der Waals surface area contributed by atoms with Crippen molar-refractivity contribution in [1.82, 2.24) is 5.32 Å². The van der Waals surface area contributed by atoms with Crippen molar-refractivity contribution in [3.8, 4) is 0 Å². The Hall–Kier alpha value is -3.35. The summed E-state index contributed by atoms with van der Waals surface area (Å²) < 4.78 is 25.7. The molecule has 3 atom stereocenters. The fraction of sp³-hybridized carbons (Fsp3) is 0.500. The van der Waals surface area contributed by atoms with Gasteiger partial charge in [0, 0.05) is 33.3 Å². The van der Waals surface area contributed by atoms with Gasteiger partial charge >= 0.3 is 23.9 Å². The third kappa shape index (κ3) is 7.63. The molecule has 0 fully saturated rings. The number of ether oxygens (including phenoxy) is 5. The maximum absolute atomic E-state index is 12.4. The molecule has 1 N–H and O–H groups in total. The van der Waals surface area contributed by atoms with Crippen LogP contribution in [0.4, 0.5) is 0 Å². The Bertz CT molecular complexity index is 923. The van der Waals surface area contributed by atoms with Crippen molar-refractivity contribution < 1.29 is 52.5 Å². The van der Waals surface area contributed by atoms with Crippen LogP contribution in [0.3, 0.4) is 0 Å². The Morgan fingerprint density at radius 2 is 1.58 bits per heavy atom. The topological polar surface area (TPSA) is 161 Å². The number of thiol groups is 1. The second kappa shape index (κ2) is 11.5. The van der Waals surface area contributed by atoms with Crippen molar-refractivity contribution in [2.24, 2.45) is 0 Å². The number of carbonyl (C=O) groups is 6. The van der Waals surface area contributed by atoms with Crippen molar-refractivity contribution in [2.75, 3.05) is 13.7 Å². The monoisotopic (exact) mass is 487 g/mol. The number of rotatable bonds is 9. The first-order chi connectivity index (χ1) is 15.2. The van der Waals surface area contributed by atoms with Crippen molar-refractivity contribution >= 4 is 48.2 Å². The van der Waals surface area contributed by atoms with Gasteiger partial charge < -0.3 is 29.0 Å². The van der Waals surface area contributed by atoms with Crippen LogP contribution in [0, 0.1) is 0 Å². The summed E-state index contributed by atoms with van der Waals surface area (Å²) in [6.45, 7) is 4.86. The number of esters is 4. The first-order valence-electron chi connectivity index (χ1n) is 9.45. The van der Waals surface area contributed by atoms with Crippen molar-refractivity contribution in [2.45, 2.75) is 51.8 Å². The molecule has 0 aromatic heterocycles. The molecule has 33 heavy (non-hydrogen) atoms. The van der Waals surface area contributed by atoms with E-state index in [1.807, 2.05) is 0 Å². The Labute approximate surface area is 195 Å². The predicted molar refractivity (Wildman–Crippen MR) is 112 cm³/mol. The molecule has 0 aromatic carbocycles. The average Bonchev–Trinajstić information content (AvgIpc) is 2.68. The number of hydrogen-bond acceptors (Lipinski definition) is 12. The van der Waals surface area contributed by atoms with E-state index >= 15 is 0 Å². The Kier molecular flexibility index (Phi) is 9.64. The zero-order chi connectivity index (χ0) is 25.5. The minimum absolute atomic E-state index is 0.224. The lowest BCUT2D eigenvalue weighted by atomic mass is 9.98. The van der Waals surface area contributed by atoms with E-state index in [0.29, 0.717) is 0 Å². The number of carbonyl (C=O) groups excluding carboxylic acids is 6. The molecule has 1 heterocycles. The number of ketones is 1. The molecule has 0 spiro atoms. The van der Waals surface area contributed by atoms with Crippen LogP contribution in [0.15, 0.2) is 23.1 Å². The summed E-state index contributed by atoms with van der Waals surface area (Å²) in [6, 6.07) is 0. The molecule has 0 radical (unpaired) electrons. The third-order valence-electron chi connectivity index (χ3n) is 3.94. The molecule has 1 aliphatic heterocycles. The predicted octanol–water partition coefficient (Wildman–Crippen LogP) is 0.105. The highest BCUT2D eigenvalue weighted by molar-refractivity contribution is 7.82. The molecule has 0 unspecified atom stereocenters. The summed E-state index contributed by atoms with van der Waals surface area (Å²) in [5.74, 6) is -5.24. The van der Waals surface area contributed by atoms with Gasteiger partial charge in [-0.1, -0.05) is 0 Å². The smallest absolute Gasteiger partial charge is 0.365 e. The van der Waals surface area contributed by atoms with Crippen LogP contribution in [0.5, 0.6) is 0 Å². The molecule has 182 valence electrons. The normalized spacial score (nSPS) is 19.2. The minimum Gasteiger partial charge on any atom is -0.465 e.